The number of rotatable bonds is 3. The standard InChI is InChI=1S/C11H13NO2/c1-3-9-6-4-5-7-10(9)12-8(2)11(13)14/h4-7H,3H2,1-2H3,(H,13,14)/b12-8+. The average molecular weight is 191 g/mol. The van der Waals surface area contributed by atoms with Crippen molar-refractivity contribution in [3.05, 3.63) is 29.8 Å². The highest BCUT2D eigenvalue weighted by Gasteiger charge is 2.03. The molecule has 0 aromatic heterocycles. The van der Waals surface area contributed by atoms with Crippen molar-refractivity contribution in [2.75, 3.05) is 0 Å². The molecule has 0 unspecified atom stereocenters. The molecule has 3 heteroatoms. The number of aryl methyl sites for hydroxylation is 1. The molecular formula is C11H13NO2. The van der Waals surface area contributed by atoms with Crippen molar-refractivity contribution in [3.63, 3.8) is 0 Å². The van der Waals surface area contributed by atoms with Crippen LogP contribution >= 0.6 is 0 Å². The average Bonchev–Trinajstić information content (AvgIpc) is 2.18. The van der Waals surface area contributed by atoms with Crippen molar-refractivity contribution in [2.24, 2.45) is 4.99 Å². The Bertz CT molecular complexity index is 369. The Labute approximate surface area is 83.1 Å². The molecule has 0 spiro atoms. The fraction of sp³-hybridized carbons (Fsp3) is 0.273. The molecule has 0 aliphatic carbocycles. The van der Waals surface area contributed by atoms with E-state index in [0.717, 1.165) is 17.7 Å². The number of carboxylic acids is 1. The number of carboxylic acid groups (broad SMARTS) is 1. The van der Waals surface area contributed by atoms with E-state index >= 15 is 0 Å². The Morgan fingerprint density at radius 2 is 2.07 bits per heavy atom. The SMILES string of the molecule is CCc1ccccc1/N=C(\C)C(=O)O. The lowest BCUT2D eigenvalue weighted by atomic mass is 10.1. The number of nitrogens with zero attached hydrogens (tertiary/aromatic N) is 1. The minimum absolute atomic E-state index is 0.117. The largest absolute Gasteiger partial charge is 0.477 e. The van der Waals surface area contributed by atoms with Gasteiger partial charge in [-0.1, -0.05) is 25.1 Å². The molecule has 0 amide bonds. The number of para-hydroxylation sites is 1. The summed E-state index contributed by atoms with van der Waals surface area (Å²) in [6, 6.07) is 7.56. The van der Waals surface area contributed by atoms with Gasteiger partial charge in [0.25, 0.3) is 0 Å². The molecule has 1 rings (SSSR count). The molecule has 0 saturated heterocycles. The van der Waals surface area contributed by atoms with Crippen molar-refractivity contribution >= 4 is 17.4 Å². The number of aliphatic imine (C=N–C) groups is 1. The Morgan fingerprint density at radius 1 is 1.43 bits per heavy atom. The number of hydrogen-bond acceptors (Lipinski definition) is 2. The quantitative estimate of drug-likeness (QED) is 0.746. The summed E-state index contributed by atoms with van der Waals surface area (Å²) in [5.41, 5.74) is 1.92. The molecule has 0 aliphatic rings. The lowest BCUT2D eigenvalue weighted by molar-refractivity contribution is -0.129. The summed E-state index contributed by atoms with van der Waals surface area (Å²) in [6.07, 6.45) is 0.854. The van der Waals surface area contributed by atoms with Crippen LogP contribution in [0.1, 0.15) is 19.4 Å². The Balaban J connectivity index is 3.07. The van der Waals surface area contributed by atoms with Crippen LogP contribution in [-0.4, -0.2) is 16.8 Å². The van der Waals surface area contributed by atoms with Crippen LogP contribution in [0.5, 0.6) is 0 Å². The van der Waals surface area contributed by atoms with Crippen molar-refractivity contribution < 1.29 is 9.90 Å². The van der Waals surface area contributed by atoms with Gasteiger partial charge in [-0.2, -0.15) is 0 Å². The summed E-state index contributed by atoms with van der Waals surface area (Å²) < 4.78 is 0. The van der Waals surface area contributed by atoms with Gasteiger partial charge in [-0.05, 0) is 25.0 Å². The van der Waals surface area contributed by atoms with E-state index in [1.807, 2.05) is 31.2 Å². The summed E-state index contributed by atoms with van der Waals surface area (Å²) in [5.74, 6) is -0.976. The summed E-state index contributed by atoms with van der Waals surface area (Å²) >= 11 is 0. The maximum Gasteiger partial charge on any atom is 0.349 e. The van der Waals surface area contributed by atoms with Crippen LogP contribution in [-0.2, 0) is 11.2 Å². The molecule has 3 nitrogen and oxygen atoms in total. The van der Waals surface area contributed by atoms with E-state index in [-0.39, 0.29) is 5.71 Å². The Hall–Kier alpha value is -1.64. The molecule has 0 heterocycles. The van der Waals surface area contributed by atoms with Crippen LogP contribution in [0.15, 0.2) is 29.3 Å². The smallest absolute Gasteiger partial charge is 0.349 e. The van der Waals surface area contributed by atoms with Crippen LogP contribution in [0.2, 0.25) is 0 Å². The van der Waals surface area contributed by atoms with Gasteiger partial charge >= 0.3 is 5.97 Å². The van der Waals surface area contributed by atoms with Gasteiger partial charge in [0, 0.05) is 0 Å². The van der Waals surface area contributed by atoms with Crippen LogP contribution < -0.4 is 0 Å². The van der Waals surface area contributed by atoms with Gasteiger partial charge in [0.05, 0.1) is 5.69 Å². The van der Waals surface area contributed by atoms with Crippen LogP contribution in [0.4, 0.5) is 5.69 Å². The third-order valence-corrected chi connectivity index (χ3v) is 1.97. The first kappa shape index (κ1) is 10.4. The first-order valence-electron chi connectivity index (χ1n) is 4.51. The Kier molecular flexibility index (Phi) is 3.40. The lowest BCUT2D eigenvalue weighted by Gasteiger charge is -2.02. The summed E-state index contributed by atoms with van der Waals surface area (Å²) in [4.78, 5) is 14.6. The number of benzene rings is 1. The fourth-order valence-corrected chi connectivity index (χ4v) is 1.15. The molecule has 0 bridgehead atoms. The van der Waals surface area contributed by atoms with Crippen molar-refractivity contribution in [1.29, 1.82) is 0 Å². The second-order valence-electron chi connectivity index (χ2n) is 2.98. The van der Waals surface area contributed by atoms with Gasteiger partial charge in [0.15, 0.2) is 0 Å². The topological polar surface area (TPSA) is 49.7 Å². The van der Waals surface area contributed by atoms with Gasteiger partial charge in [0.1, 0.15) is 5.71 Å². The van der Waals surface area contributed by atoms with Gasteiger partial charge in [-0.15, -0.1) is 0 Å². The van der Waals surface area contributed by atoms with E-state index in [2.05, 4.69) is 4.99 Å². The zero-order valence-corrected chi connectivity index (χ0v) is 8.32. The zero-order valence-electron chi connectivity index (χ0n) is 8.32. The number of hydrogen-bond donors (Lipinski definition) is 1. The molecule has 0 saturated carbocycles. The van der Waals surface area contributed by atoms with E-state index in [1.165, 1.54) is 6.92 Å². The van der Waals surface area contributed by atoms with Crippen molar-refractivity contribution in [3.8, 4) is 0 Å². The number of aliphatic carboxylic acids is 1. The van der Waals surface area contributed by atoms with Crippen molar-refractivity contribution in [2.45, 2.75) is 20.3 Å². The summed E-state index contributed by atoms with van der Waals surface area (Å²) in [7, 11) is 0. The van der Waals surface area contributed by atoms with E-state index in [0.29, 0.717) is 0 Å². The maximum atomic E-state index is 10.6. The maximum absolute atomic E-state index is 10.6. The molecule has 74 valence electrons. The minimum atomic E-state index is -0.976. The van der Waals surface area contributed by atoms with Gasteiger partial charge < -0.3 is 5.11 Å². The van der Waals surface area contributed by atoms with Crippen LogP contribution in [0, 0.1) is 0 Å². The molecule has 1 aromatic rings. The molecule has 0 radical (unpaired) electrons. The number of carbonyl (C=O) groups is 1. The zero-order chi connectivity index (χ0) is 10.6. The normalized spacial score (nSPS) is 11.4. The minimum Gasteiger partial charge on any atom is -0.477 e. The molecule has 0 atom stereocenters. The first-order valence-corrected chi connectivity index (χ1v) is 4.51. The van der Waals surface area contributed by atoms with Gasteiger partial charge in [-0.3, -0.25) is 0 Å². The van der Waals surface area contributed by atoms with E-state index in [9.17, 15) is 4.79 Å². The van der Waals surface area contributed by atoms with E-state index in [4.69, 9.17) is 5.11 Å². The Morgan fingerprint density at radius 3 is 2.64 bits per heavy atom. The fourth-order valence-electron chi connectivity index (χ4n) is 1.15. The predicted molar refractivity (Wildman–Crippen MR) is 56.2 cm³/mol. The van der Waals surface area contributed by atoms with Gasteiger partial charge in [0.2, 0.25) is 0 Å². The third-order valence-electron chi connectivity index (χ3n) is 1.97. The summed E-state index contributed by atoms with van der Waals surface area (Å²) in [5, 5.41) is 8.68. The summed E-state index contributed by atoms with van der Waals surface area (Å²) in [6.45, 7) is 3.51. The van der Waals surface area contributed by atoms with Crippen LogP contribution in [0.3, 0.4) is 0 Å². The lowest BCUT2D eigenvalue weighted by Crippen LogP contribution is -2.07. The predicted octanol–water partition coefficient (Wildman–Crippen LogP) is 2.43. The highest BCUT2D eigenvalue weighted by molar-refractivity contribution is 6.35. The third kappa shape index (κ3) is 2.42. The van der Waals surface area contributed by atoms with Crippen LogP contribution in [0.25, 0.3) is 0 Å². The monoisotopic (exact) mass is 191 g/mol. The molecule has 14 heavy (non-hydrogen) atoms. The molecule has 0 fully saturated rings. The molecule has 1 N–H and O–H groups in total. The molecule has 0 aliphatic heterocycles. The second kappa shape index (κ2) is 4.56. The first-order chi connectivity index (χ1) is 6.65. The highest BCUT2D eigenvalue weighted by Crippen LogP contribution is 2.19. The van der Waals surface area contributed by atoms with Gasteiger partial charge in [-0.25, -0.2) is 9.79 Å². The highest BCUT2D eigenvalue weighted by atomic mass is 16.4. The van der Waals surface area contributed by atoms with Crippen molar-refractivity contribution in [1.82, 2.24) is 0 Å². The van der Waals surface area contributed by atoms with E-state index < -0.39 is 5.97 Å². The van der Waals surface area contributed by atoms with E-state index in [1.54, 1.807) is 0 Å². The molecule has 1 aromatic carbocycles. The second-order valence-corrected chi connectivity index (χ2v) is 2.98. The molecular weight excluding hydrogens is 178 g/mol.